The number of hydrogen-bond donors (Lipinski definition) is 3. The van der Waals surface area contributed by atoms with Gasteiger partial charge in [-0.05, 0) is 63.8 Å². The van der Waals surface area contributed by atoms with E-state index in [1.807, 2.05) is 12.1 Å². The molecule has 0 bridgehead atoms. The highest BCUT2D eigenvalue weighted by Gasteiger charge is 2.19. The van der Waals surface area contributed by atoms with Crippen LogP contribution in [0.2, 0.25) is 0 Å². The number of nitrogens with one attached hydrogen (secondary N) is 2. The van der Waals surface area contributed by atoms with E-state index in [-0.39, 0.29) is 6.04 Å². The zero-order chi connectivity index (χ0) is 15.5. The molecule has 1 aromatic rings. The summed E-state index contributed by atoms with van der Waals surface area (Å²) in [7, 11) is -3.41. The first-order valence-electron chi connectivity index (χ1n) is 7.51. The molecule has 0 spiro atoms. The monoisotopic (exact) mass is 311 g/mol. The van der Waals surface area contributed by atoms with Crippen molar-refractivity contribution < 1.29 is 8.42 Å². The molecule has 1 fully saturated rings. The number of sulfonamides is 1. The highest BCUT2D eigenvalue weighted by Crippen LogP contribution is 2.22. The minimum atomic E-state index is -3.41. The van der Waals surface area contributed by atoms with E-state index >= 15 is 0 Å². The molecule has 0 aliphatic heterocycles. The van der Waals surface area contributed by atoms with Crippen LogP contribution in [0.5, 0.6) is 0 Å². The van der Waals surface area contributed by atoms with Gasteiger partial charge in [-0.2, -0.15) is 0 Å². The molecule has 0 unspecified atom stereocenters. The summed E-state index contributed by atoms with van der Waals surface area (Å²) < 4.78 is 26.6. The Morgan fingerprint density at radius 3 is 2.19 bits per heavy atom. The number of rotatable bonds is 5. The van der Waals surface area contributed by atoms with E-state index in [9.17, 15) is 8.42 Å². The fourth-order valence-corrected chi connectivity index (χ4v) is 3.86. The number of anilines is 1. The van der Waals surface area contributed by atoms with Crippen LogP contribution in [-0.4, -0.2) is 26.5 Å². The van der Waals surface area contributed by atoms with Crippen LogP contribution in [0.4, 0.5) is 5.69 Å². The standard InChI is InChI=1S/C15H25N3O2S/c1-11(2)18-21(19,20)15-9-7-14(8-10-15)17-13-5-3-12(16)4-6-13/h7-13,17-18H,3-6,16H2,1-2H3. The van der Waals surface area contributed by atoms with E-state index in [4.69, 9.17) is 5.73 Å². The third-order valence-corrected chi connectivity index (χ3v) is 5.37. The smallest absolute Gasteiger partial charge is 0.240 e. The molecule has 0 radical (unpaired) electrons. The quantitative estimate of drug-likeness (QED) is 0.777. The fraction of sp³-hybridized carbons (Fsp3) is 0.600. The Hall–Kier alpha value is -1.11. The fourth-order valence-electron chi connectivity index (χ4n) is 2.61. The second-order valence-corrected chi connectivity index (χ2v) is 7.77. The zero-order valence-corrected chi connectivity index (χ0v) is 13.5. The summed E-state index contributed by atoms with van der Waals surface area (Å²) in [5, 5.41) is 3.45. The summed E-state index contributed by atoms with van der Waals surface area (Å²) in [6.07, 6.45) is 4.22. The van der Waals surface area contributed by atoms with Crippen molar-refractivity contribution in [3.8, 4) is 0 Å². The largest absolute Gasteiger partial charge is 0.382 e. The van der Waals surface area contributed by atoms with Gasteiger partial charge in [0.1, 0.15) is 0 Å². The van der Waals surface area contributed by atoms with Crippen molar-refractivity contribution in [2.45, 2.75) is 62.6 Å². The summed E-state index contributed by atoms with van der Waals surface area (Å²) in [6, 6.07) is 7.58. The molecule has 21 heavy (non-hydrogen) atoms. The van der Waals surface area contributed by atoms with Gasteiger partial charge in [-0.15, -0.1) is 0 Å². The predicted octanol–water partition coefficient (Wildman–Crippen LogP) is 2.06. The Balaban J connectivity index is 1.99. The lowest BCUT2D eigenvalue weighted by atomic mass is 9.92. The molecular weight excluding hydrogens is 286 g/mol. The first-order valence-corrected chi connectivity index (χ1v) is 8.99. The summed E-state index contributed by atoms with van der Waals surface area (Å²) in [5.41, 5.74) is 6.85. The number of hydrogen-bond acceptors (Lipinski definition) is 4. The molecule has 0 atom stereocenters. The Kier molecular flexibility index (Phi) is 5.24. The Bertz CT molecular complexity index is 547. The highest BCUT2D eigenvalue weighted by atomic mass is 32.2. The lowest BCUT2D eigenvalue weighted by Crippen LogP contribution is -2.32. The van der Waals surface area contributed by atoms with Crippen LogP contribution < -0.4 is 15.8 Å². The van der Waals surface area contributed by atoms with E-state index in [0.717, 1.165) is 31.4 Å². The summed E-state index contributed by atoms with van der Waals surface area (Å²) in [4.78, 5) is 0.299. The van der Waals surface area contributed by atoms with E-state index in [2.05, 4.69) is 10.0 Å². The van der Waals surface area contributed by atoms with Crippen molar-refractivity contribution in [3.05, 3.63) is 24.3 Å². The van der Waals surface area contributed by atoms with E-state index in [1.54, 1.807) is 26.0 Å². The molecule has 0 aromatic heterocycles. The SMILES string of the molecule is CC(C)NS(=O)(=O)c1ccc(NC2CCC(N)CC2)cc1. The molecule has 0 saturated heterocycles. The average Bonchev–Trinajstić information content (AvgIpc) is 2.41. The van der Waals surface area contributed by atoms with Gasteiger partial charge in [0.05, 0.1) is 4.90 Å². The van der Waals surface area contributed by atoms with Gasteiger partial charge < -0.3 is 11.1 Å². The molecule has 1 aromatic carbocycles. The van der Waals surface area contributed by atoms with Crippen LogP contribution in [0, 0.1) is 0 Å². The van der Waals surface area contributed by atoms with Crippen LogP contribution in [0.3, 0.4) is 0 Å². The zero-order valence-electron chi connectivity index (χ0n) is 12.7. The maximum absolute atomic E-state index is 12.0. The molecule has 1 aliphatic rings. The van der Waals surface area contributed by atoms with Crippen molar-refractivity contribution in [1.29, 1.82) is 0 Å². The molecule has 0 heterocycles. The average molecular weight is 311 g/mol. The molecule has 6 heteroatoms. The minimum Gasteiger partial charge on any atom is -0.382 e. The van der Waals surface area contributed by atoms with Crippen molar-refractivity contribution in [2.24, 2.45) is 5.73 Å². The highest BCUT2D eigenvalue weighted by molar-refractivity contribution is 7.89. The van der Waals surface area contributed by atoms with Crippen LogP contribution in [-0.2, 0) is 10.0 Å². The maximum Gasteiger partial charge on any atom is 0.240 e. The van der Waals surface area contributed by atoms with Crippen molar-refractivity contribution in [1.82, 2.24) is 4.72 Å². The van der Waals surface area contributed by atoms with Crippen LogP contribution in [0.25, 0.3) is 0 Å². The van der Waals surface area contributed by atoms with Gasteiger partial charge in [-0.1, -0.05) is 0 Å². The number of nitrogens with two attached hydrogens (primary N) is 1. The summed E-state index contributed by atoms with van der Waals surface area (Å²) in [5.74, 6) is 0. The molecule has 4 N–H and O–H groups in total. The number of benzene rings is 1. The molecular formula is C15H25N3O2S. The first kappa shape index (κ1) is 16.3. The molecule has 5 nitrogen and oxygen atoms in total. The summed E-state index contributed by atoms with van der Waals surface area (Å²) in [6.45, 7) is 3.61. The van der Waals surface area contributed by atoms with Gasteiger partial charge in [0.25, 0.3) is 0 Å². The minimum absolute atomic E-state index is 0.112. The van der Waals surface area contributed by atoms with Gasteiger partial charge in [0.15, 0.2) is 0 Å². The van der Waals surface area contributed by atoms with E-state index < -0.39 is 10.0 Å². The van der Waals surface area contributed by atoms with Gasteiger partial charge in [-0.25, -0.2) is 13.1 Å². The molecule has 2 rings (SSSR count). The third kappa shape index (κ3) is 4.69. The lowest BCUT2D eigenvalue weighted by molar-refractivity contribution is 0.411. The summed E-state index contributed by atoms with van der Waals surface area (Å²) >= 11 is 0. The Morgan fingerprint density at radius 1 is 1.10 bits per heavy atom. The molecule has 1 saturated carbocycles. The Morgan fingerprint density at radius 2 is 1.67 bits per heavy atom. The van der Waals surface area contributed by atoms with Crippen molar-refractivity contribution in [2.75, 3.05) is 5.32 Å². The van der Waals surface area contributed by atoms with Crippen LogP contribution in [0.15, 0.2) is 29.2 Å². The van der Waals surface area contributed by atoms with Crippen molar-refractivity contribution in [3.63, 3.8) is 0 Å². The third-order valence-electron chi connectivity index (χ3n) is 3.70. The van der Waals surface area contributed by atoms with Crippen molar-refractivity contribution >= 4 is 15.7 Å². The normalized spacial score (nSPS) is 23.2. The topological polar surface area (TPSA) is 84.2 Å². The molecule has 1 aliphatic carbocycles. The second kappa shape index (κ2) is 6.77. The van der Waals surface area contributed by atoms with Gasteiger partial charge in [-0.3, -0.25) is 0 Å². The van der Waals surface area contributed by atoms with E-state index in [1.165, 1.54) is 0 Å². The maximum atomic E-state index is 12.0. The predicted molar refractivity (Wildman–Crippen MR) is 85.8 cm³/mol. The van der Waals surface area contributed by atoms with E-state index in [0.29, 0.717) is 17.0 Å². The van der Waals surface area contributed by atoms with Gasteiger partial charge in [0, 0.05) is 23.8 Å². The second-order valence-electron chi connectivity index (χ2n) is 6.06. The molecule has 118 valence electrons. The lowest BCUT2D eigenvalue weighted by Gasteiger charge is -2.27. The molecule has 0 amide bonds. The van der Waals surface area contributed by atoms with Crippen LogP contribution >= 0.6 is 0 Å². The van der Waals surface area contributed by atoms with Gasteiger partial charge >= 0.3 is 0 Å². The van der Waals surface area contributed by atoms with Crippen LogP contribution in [0.1, 0.15) is 39.5 Å². The van der Waals surface area contributed by atoms with Gasteiger partial charge in [0.2, 0.25) is 10.0 Å². The Labute approximate surface area is 127 Å². The first-order chi connectivity index (χ1) is 9.87.